The number of rotatable bonds is 4. The second kappa shape index (κ2) is 5.67. The van der Waals surface area contributed by atoms with Gasteiger partial charge in [0, 0.05) is 0 Å². The molecule has 0 unspecified atom stereocenters. The molecule has 1 atom stereocenters. The second-order valence-electron chi connectivity index (χ2n) is 4.01. The number of alkyl carbamates (subject to hydrolysis) is 1. The van der Waals surface area contributed by atoms with Gasteiger partial charge < -0.3 is 20.3 Å². The van der Waals surface area contributed by atoms with Crippen LogP contribution in [0.4, 0.5) is 4.79 Å². The zero-order valence-electron chi connectivity index (χ0n) is 9.11. The van der Waals surface area contributed by atoms with E-state index in [-0.39, 0.29) is 0 Å². The number of aliphatic hydroxyl groups excluding tert-OH is 2. The zero-order valence-corrected chi connectivity index (χ0v) is 9.11. The Morgan fingerprint density at radius 1 is 1.33 bits per heavy atom. The zero-order chi connectivity index (χ0) is 12.1. The van der Waals surface area contributed by atoms with Crippen LogP contribution in [0, 0.1) is 0 Å². The number of carbonyl (C=O) groups is 2. The van der Waals surface area contributed by atoms with Crippen LogP contribution in [0.2, 0.25) is 0 Å². The summed E-state index contributed by atoms with van der Waals surface area (Å²) in [7, 11) is 0. The first-order chi connectivity index (χ1) is 6.80. The largest absolute Gasteiger partial charge is 0.444 e. The quantitative estimate of drug-likeness (QED) is 0.588. The Hall–Kier alpha value is -1.14. The van der Waals surface area contributed by atoms with Gasteiger partial charge in [0.25, 0.3) is 0 Å². The molecule has 0 radical (unpaired) electrons. The van der Waals surface area contributed by atoms with Crippen LogP contribution in [0.1, 0.15) is 20.8 Å². The molecule has 0 aliphatic carbocycles. The topological polar surface area (TPSA) is 95.9 Å². The number of hydrogen-bond acceptors (Lipinski definition) is 5. The molecule has 0 aliphatic heterocycles. The Morgan fingerprint density at radius 3 is 2.20 bits per heavy atom. The predicted octanol–water partition coefficient (Wildman–Crippen LogP) is -0.567. The van der Waals surface area contributed by atoms with Gasteiger partial charge in [-0.25, -0.2) is 4.79 Å². The molecule has 0 aromatic carbocycles. The summed E-state index contributed by atoms with van der Waals surface area (Å²) in [6.07, 6.45) is -0.802. The van der Waals surface area contributed by atoms with Crippen molar-refractivity contribution in [3.63, 3.8) is 0 Å². The van der Waals surface area contributed by atoms with E-state index in [1.54, 1.807) is 20.8 Å². The van der Waals surface area contributed by atoms with Crippen molar-refractivity contribution in [2.75, 3.05) is 13.2 Å². The van der Waals surface area contributed by atoms with Gasteiger partial charge in [-0.1, -0.05) is 0 Å². The highest BCUT2D eigenvalue weighted by molar-refractivity contribution is 5.88. The molecule has 0 spiro atoms. The molecule has 15 heavy (non-hydrogen) atoms. The number of hydrogen-bond donors (Lipinski definition) is 3. The molecule has 0 bridgehead atoms. The van der Waals surface area contributed by atoms with Gasteiger partial charge in [0.1, 0.15) is 18.2 Å². The Balaban J connectivity index is 4.20. The van der Waals surface area contributed by atoms with Crippen LogP contribution in [-0.2, 0) is 9.53 Å². The summed E-state index contributed by atoms with van der Waals surface area (Å²) < 4.78 is 4.87. The maximum absolute atomic E-state index is 11.2. The van der Waals surface area contributed by atoms with Crippen LogP contribution in [-0.4, -0.2) is 46.9 Å². The van der Waals surface area contributed by atoms with Crippen LogP contribution in [0.25, 0.3) is 0 Å². The van der Waals surface area contributed by atoms with Gasteiger partial charge in [-0.15, -0.1) is 0 Å². The van der Waals surface area contributed by atoms with Crippen LogP contribution < -0.4 is 5.32 Å². The van der Waals surface area contributed by atoms with E-state index in [1.165, 1.54) is 0 Å². The normalized spacial score (nSPS) is 13.1. The van der Waals surface area contributed by atoms with Gasteiger partial charge in [0.15, 0.2) is 5.78 Å². The van der Waals surface area contributed by atoms with Crippen LogP contribution >= 0.6 is 0 Å². The van der Waals surface area contributed by atoms with Gasteiger partial charge in [-0.05, 0) is 20.8 Å². The minimum absolute atomic E-state index is 0.571. The number of aliphatic hydroxyl groups is 2. The van der Waals surface area contributed by atoms with Gasteiger partial charge in [0.2, 0.25) is 0 Å². The fraction of sp³-hybridized carbons (Fsp3) is 0.778. The fourth-order valence-corrected chi connectivity index (χ4v) is 0.788. The number of Topliss-reactive ketones (excluding diaryl/α,β-unsaturated/α-hetero) is 1. The van der Waals surface area contributed by atoms with E-state index in [1.807, 2.05) is 0 Å². The molecule has 0 fully saturated rings. The van der Waals surface area contributed by atoms with Gasteiger partial charge in [0.05, 0.1) is 6.61 Å². The molecule has 0 aromatic heterocycles. The molecule has 0 aliphatic rings. The van der Waals surface area contributed by atoms with Crippen LogP contribution in [0.3, 0.4) is 0 Å². The predicted molar refractivity (Wildman–Crippen MR) is 52.3 cm³/mol. The molecule has 0 saturated heterocycles. The molecule has 88 valence electrons. The lowest BCUT2D eigenvalue weighted by Crippen LogP contribution is -2.46. The van der Waals surface area contributed by atoms with Gasteiger partial charge in [-0.2, -0.15) is 0 Å². The minimum atomic E-state index is -1.12. The first kappa shape index (κ1) is 13.9. The minimum Gasteiger partial charge on any atom is -0.444 e. The van der Waals surface area contributed by atoms with Gasteiger partial charge >= 0.3 is 6.09 Å². The molecule has 1 amide bonds. The molecule has 0 aromatic rings. The monoisotopic (exact) mass is 219 g/mol. The summed E-state index contributed by atoms with van der Waals surface area (Å²) in [6.45, 7) is 3.72. The molecule has 6 nitrogen and oxygen atoms in total. The number of nitrogens with one attached hydrogen (secondary N) is 1. The summed E-state index contributed by atoms with van der Waals surface area (Å²) in [5.74, 6) is -0.664. The average Bonchev–Trinajstić information content (AvgIpc) is 2.10. The third-order valence-electron chi connectivity index (χ3n) is 1.42. The van der Waals surface area contributed by atoms with Crippen LogP contribution in [0.15, 0.2) is 0 Å². The third-order valence-corrected chi connectivity index (χ3v) is 1.42. The summed E-state index contributed by atoms with van der Waals surface area (Å²) >= 11 is 0. The van der Waals surface area contributed by atoms with E-state index in [0.29, 0.717) is 0 Å². The van der Waals surface area contributed by atoms with Crippen molar-refractivity contribution in [2.45, 2.75) is 32.4 Å². The van der Waals surface area contributed by atoms with Crippen molar-refractivity contribution in [1.29, 1.82) is 0 Å². The Bertz CT molecular complexity index is 233. The summed E-state index contributed by atoms with van der Waals surface area (Å²) in [4.78, 5) is 22.1. The second-order valence-corrected chi connectivity index (χ2v) is 4.01. The number of ketones is 1. The van der Waals surface area contributed by atoms with Crippen molar-refractivity contribution in [2.24, 2.45) is 0 Å². The van der Waals surface area contributed by atoms with E-state index in [2.05, 4.69) is 5.32 Å². The Morgan fingerprint density at radius 2 is 1.87 bits per heavy atom. The standard InChI is InChI=1S/C9H17NO5/c1-9(2,3)15-8(14)10-6(4-11)7(13)5-12/h6,11-12H,4-5H2,1-3H3,(H,10,14)/t6-/m1/s1. The lowest BCUT2D eigenvalue weighted by atomic mass is 10.2. The first-order valence-corrected chi connectivity index (χ1v) is 4.54. The third kappa shape index (κ3) is 6.03. The highest BCUT2D eigenvalue weighted by Crippen LogP contribution is 2.06. The van der Waals surface area contributed by atoms with Gasteiger partial charge in [-0.3, -0.25) is 4.79 Å². The molecule has 3 N–H and O–H groups in total. The molecular formula is C9H17NO5. The maximum atomic E-state index is 11.2. The van der Waals surface area contributed by atoms with Crippen molar-refractivity contribution in [3.8, 4) is 0 Å². The lowest BCUT2D eigenvalue weighted by molar-refractivity contribution is -0.124. The number of amides is 1. The summed E-state index contributed by atoms with van der Waals surface area (Å²) in [5.41, 5.74) is -0.674. The average molecular weight is 219 g/mol. The number of ether oxygens (including phenoxy) is 1. The highest BCUT2D eigenvalue weighted by atomic mass is 16.6. The molecule has 6 heteroatoms. The lowest BCUT2D eigenvalue weighted by Gasteiger charge is -2.21. The molecule has 0 heterocycles. The highest BCUT2D eigenvalue weighted by Gasteiger charge is 2.22. The number of carbonyl (C=O) groups excluding carboxylic acids is 2. The summed E-state index contributed by atoms with van der Waals surface area (Å²) in [6, 6.07) is -1.12. The van der Waals surface area contributed by atoms with E-state index < -0.39 is 36.7 Å². The van der Waals surface area contributed by atoms with E-state index in [4.69, 9.17) is 14.9 Å². The van der Waals surface area contributed by atoms with Crippen LogP contribution in [0.5, 0.6) is 0 Å². The van der Waals surface area contributed by atoms with E-state index in [9.17, 15) is 9.59 Å². The molecule has 0 saturated carbocycles. The smallest absolute Gasteiger partial charge is 0.408 e. The Labute approximate surface area is 88.2 Å². The van der Waals surface area contributed by atoms with Crippen molar-refractivity contribution in [3.05, 3.63) is 0 Å². The van der Waals surface area contributed by atoms with E-state index in [0.717, 1.165) is 0 Å². The molecular weight excluding hydrogens is 202 g/mol. The Kier molecular flexibility index (Phi) is 5.24. The SMILES string of the molecule is CC(C)(C)OC(=O)N[C@H](CO)C(=O)CO. The van der Waals surface area contributed by atoms with Crippen molar-refractivity contribution in [1.82, 2.24) is 5.32 Å². The van der Waals surface area contributed by atoms with Crippen molar-refractivity contribution < 1.29 is 24.5 Å². The summed E-state index contributed by atoms with van der Waals surface area (Å²) in [5, 5.41) is 19.5. The first-order valence-electron chi connectivity index (χ1n) is 4.54. The fourth-order valence-electron chi connectivity index (χ4n) is 0.788. The van der Waals surface area contributed by atoms with E-state index >= 15 is 0 Å². The molecule has 0 rings (SSSR count). The van der Waals surface area contributed by atoms with Crippen molar-refractivity contribution >= 4 is 11.9 Å². The maximum Gasteiger partial charge on any atom is 0.408 e.